The van der Waals surface area contributed by atoms with E-state index in [4.69, 9.17) is 10.2 Å². The third-order valence-corrected chi connectivity index (χ3v) is 2.32. The predicted molar refractivity (Wildman–Crippen MR) is 57.3 cm³/mol. The lowest BCUT2D eigenvalue weighted by molar-refractivity contribution is 0.150. The summed E-state index contributed by atoms with van der Waals surface area (Å²) in [6, 6.07) is 6.33. The lowest BCUT2D eigenvalue weighted by Gasteiger charge is -2.11. The maximum Gasteiger partial charge on any atom is 0.0484 e. The summed E-state index contributed by atoms with van der Waals surface area (Å²) in [7, 11) is 0. The average molecular weight is 194 g/mol. The summed E-state index contributed by atoms with van der Waals surface area (Å²) >= 11 is 0. The maximum absolute atomic E-state index is 8.97. The van der Waals surface area contributed by atoms with E-state index in [1.165, 1.54) is 16.7 Å². The zero-order valence-electron chi connectivity index (χ0n) is 8.83. The second-order valence-electron chi connectivity index (χ2n) is 3.93. The van der Waals surface area contributed by atoms with Crippen molar-refractivity contribution >= 4 is 0 Å². The molecule has 0 radical (unpaired) electrons. The Balaban J connectivity index is 2.75. The molecule has 1 rings (SSSR count). The smallest absolute Gasteiger partial charge is 0.0484 e. The second-order valence-corrected chi connectivity index (χ2v) is 3.93. The zero-order valence-corrected chi connectivity index (χ0v) is 8.83. The van der Waals surface area contributed by atoms with Gasteiger partial charge >= 0.3 is 0 Å². The fraction of sp³-hybridized carbons (Fsp3) is 0.500. The van der Waals surface area contributed by atoms with Gasteiger partial charge in [-0.05, 0) is 25.8 Å². The van der Waals surface area contributed by atoms with Crippen molar-refractivity contribution in [1.29, 1.82) is 0 Å². The average Bonchev–Trinajstić information content (AvgIpc) is 2.12. The lowest BCUT2D eigenvalue weighted by atomic mass is 9.98. The molecule has 1 aromatic carbocycles. The van der Waals surface area contributed by atoms with Gasteiger partial charge in [-0.3, -0.25) is 0 Å². The first-order chi connectivity index (χ1) is 6.65. The van der Waals surface area contributed by atoms with E-state index >= 15 is 0 Å². The highest BCUT2D eigenvalue weighted by Crippen LogP contribution is 2.13. The summed E-state index contributed by atoms with van der Waals surface area (Å²) < 4.78 is 0. The number of benzene rings is 1. The molecule has 0 fully saturated rings. The molecule has 0 saturated carbocycles. The van der Waals surface area contributed by atoms with Gasteiger partial charge in [0.05, 0.1) is 0 Å². The molecular weight excluding hydrogens is 176 g/mol. The summed E-state index contributed by atoms with van der Waals surface area (Å²) in [4.78, 5) is 0. The Bertz CT molecular complexity index is 270. The number of rotatable bonds is 4. The van der Waals surface area contributed by atoms with Crippen LogP contribution in [0.4, 0.5) is 0 Å². The van der Waals surface area contributed by atoms with Crippen molar-refractivity contribution < 1.29 is 10.2 Å². The van der Waals surface area contributed by atoms with Crippen LogP contribution in [0.25, 0.3) is 0 Å². The molecule has 0 aliphatic carbocycles. The third-order valence-electron chi connectivity index (χ3n) is 2.32. The fourth-order valence-corrected chi connectivity index (χ4v) is 1.71. The molecule has 2 heteroatoms. The van der Waals surface area contributed by atoms with E-state index in [-0.39, 0.29) is 19.1 Å². The normalized spacial score (nSPS) is 10.9. The highest BCUT2D eigenvalue weighted by molar-refractivity contribution is 5.28. The topological polar surface area (TPSA) is 40.5 Å². The fourth-order valence-electron chi connectivity index (χ4n) is 1.71. The van der Waals surface area contributed by atoms with Crippen LogP contribution in [0.3, 0.4) is 0 Å². The molecule has 2 nitrogen and oxygen atoms in total. The largest absolute Gasteiger partial charge is 0.396 e. The van der Waals surface area contributed by atoms with E-state index in [0.29, 0.717) is 0 Å². The van der Waals surface area contributed by atoms with Crippen LogP contribution < -0.4 is 0 Å². The van der Waals surface area contributed by atoms with Crippen molar-refractivity contribution in [1.82, 2.24) is 0 Å². The van der Waals surface area contributed by atoms with E-state index in [0.717, 1.165) is 6.42 Å². The van der Waals surface area contributed by atoms with Crippen molar-refractivity contribution in [2.45, 2.75) is 20.3 Å². The Hall–Kier alpha value is -0.860. The molecule has 0 bridgehead atoms. The molecule has 14 heavy (non-hydrogen) atoms. The molecule has 0 unspecified atom stereocenters. The van der Waals surface area contributed by atoms with Gasteiger partial charge in [-0.2, -0.15) is 0 Å². The van der Waals surface area contributed by atoms with Gasteiger partial charge in [-0.1, -0.05) is 29.3 Å². The minimum absolute atomic E-state index is 0.0313. The Morgan fingerprint density at radius 2 is 1.50 bits per heavy atom. The quantitative estimate of drug-likeness (QED) is 0.761. The highest BCUT2D eigenvalue weighted by Gasteiger charge is 2.07. The van der Waals surface area contributed by atoms with E-state index < -0.39 is 0 Å². The van der Waals surface area contributed by atoms with Crippen LogP contribution >= 0.6 is 0 Å². The van der Waals surface area contributed by atoms with Crippen molar-refractivity contribution in [3.8, 4) is 0 Å². The first kappa shape index (κ1) is 11.2. The Kier molecular flexibility index (Phi) is 4.11. The number of hydrogen-bond donors (Lipinski definition) is 2. The van der Waals surface area contributed by atoms with Crippen LogP contribution in [-0.4, -0.2) is 23.4 Å². The summed E-state index contributed by atoms with van der Waals surface area (Å²) in [5.41, 5.74) is 3.65. The zero-order chi connectivity index (χ0) is 10.6. The van der Waals surface area contributed by atoms with Crippen LogP contribution in [0, 0.1) is 19.8 Å². The molecule has 0 heterocycles. The molecule has 0 atom stereocenters. The van der Waals surface area contributed by atoms with Crippen molar-refractivity contribution in [3.63, 3.8) is 0 Å². The Morgan fingerprint density at radius 1 is 1.00 bits per heavy atom. The predicted octanol–water partition coefficient (Wildman–Crippen LogP) is 1.45. The van der Waals surface area contributed by atoms with E-state index in [1.807, 2.05) is 0 Å². The van der Waals surface area contributed by atoms with Crippen LogP contribution in [-0.2, 0) is 6.42 Å². The van der Waals surface area contributed by atoms with Crippen molar-refractivity contribution in [3.05, 3.63) is 34.9 Å². The van der Waals surface area contributed by atoms with Gasteiger partial charge in [0.2, 0.25) is 0 Å². The van der Waals surface area contributed by atoms with Gasteiger partial charge in [0.25, 0.3) is 0 Å². The molecule has 0 aliphatic rings. The molecule has 0 aliphatic heterocycles. The van der Waals surface area contributed by atoms with E-state index in [2.05, 4.69) is 32.0 Å². The monoisotopic (exact) mass is 194 g/mol. The van der Waals surface area contributed by atoms with Crippen LogP contribution in [0.5, 0.6) is 0 Å². The molecule has 0 spiro atoms. The first-order valence-corrected chi connectivity index (χ1v) is 4.94. The molecular formula is C12H18O2. The van der Waals surface area contributed by atoms with E-state index in [1.54, 1.807) is 0 Å². The standard InChI is InChI=1S/C12H18O2/c1-9-3-10(2)5-11(4-9)6-12(7-13)8-14/h3-5,12-14H,6-8H2,1-2H3. The van der Waals surface area contributed by atoms with E-state index in [9.17, 15) is 0 Å². The SMILES string of the molecule is Cc1cc(C)cc(CC(CO)CO)c1. The molecule has 78 valence electrons. The summed E-state index contributed by atoms with van der Waals surface area (Å²) in [5.74, 6) is -0.0313. The molecule has 0 aromatic heterocycles. The van der Waals surface area contributed by atoms with Crippen LogP contribution in [0.2, 0.25) is 0 Å². The van der Waals surface area contributed by atoms with Gasteiger partial charge in [0.15, 0.2) is 0 Å². The summed E-state index contributed by atoms with van der Waals surface area (Å²) in [6.45, 7) is 4.21. The summed E-state index contributed by atoms with van der Waals surface area (Å²) in [6.07, 6.45) is 0.746. The number of aliphatic hydroxyl groups is 2. The summed E-state index contributed by atoms with van der Waals surface area (Å²) in [5, 5.41) is 17.9. The maximum atomic E-state index is 8.97. The van der Waals surface area contributed by atoms with Crippen LogP contribution in [0.1, 0.15) is 16.7 Å². The highest BCUT2D eigenvalue weighted by atomic mass is 16.3. The van der Waals surface area contributed by atoms with Gasteiger partial charge < -0.3 is 10.2 Å². The first-order valence-electron chi connectivity index (χ1n) is 4.94. The number of aryl methyl sites for hydroxylation is 2. The van der Waals surface area contributed by atoms with Gasteiger partial charge in [-0.15, -0.1) is 0 Å². The van der Waals surface area contributed by atoms with Crippen LogP contribution in [0.15, 0.2) is 18.2 Å². The van der Waals surface area contributed by atoms with Gasteiger partial charge in [0, 0.05) is 19.1 Å². The molecule has 0 saturated heterocycles. The van der Waals surface area contributed by atoms with Crippen molar-refractivity contribution in [2.24, 2.45) is 5.92 Å². The van der Waals surface area contributed by atoms with Crippen molar-refractivity contribution in [2.75, 3.05) is 13.2 Å². The Morgan fingerprint density at radius 3 is 1.93 bits per heavy atom. The number of hydrogen-bond acceptors (Lipinski definition) is 2. The minimum Gasteiger partial charge on any atom is -0.396 e. The minimum atomic E-state index is -0.0313. The van der Waals surface area contributed by atoms with Gasteiger partial charge in [0.1, 0.15) is 0 Å². The lowest BCUT2D eigenvalue weighted by Crippen LogP contribution is -2.14. The van der Waals surface area contributed by atoms with Gasteiger partial charge in [-0.25, -0.2) is 0 Å². The number of aliphatic hydroxyl groups excluding tert-OH is 2. The second kappa shape index (κ2) is 5.13. The molecule has 1 aromatic rings. The third kappa shape index (κ3) is 3.13. The Labute approximate surface area is 85.2 Å². The molecule has 0 amide bonds. The molecule has 2 N–H and O–H groups in total.